The van der Waals surface area contributed by atoms with Crippen LogP contribution in [-0.2, 0) is 29.2 Å². The van der Waals surface area contributed by atoms with Crippen molar-refractivity contribution in [3.63, 3.8) is 0 Å². The van der Waals surface area contributed by atoms with Crippen molar-refractivity contribution in [2.75, 3.05) is 13.7 Å². The van der Waals surface area contributed by atoms with E-state index < -0.39 is 57.6 Å². The summed E-state index contributed by atoms with van der Waals surface area (Å²) in [5.41, 5.74) is -2.56. The molecule has 0 aliphatic rings. The van der Waals surface area contributed by atoms with Crippen molar-refractivity contribution in [2.45, 2.75) is 23.4 Å². The number of halogens is 8. The maximum Gasteiger partial charge on any atom is 0.466 e. The van der Waals surface area contributed by atoms with Gasteiger partial charge in [0.25, 0.3) is 0 Å². The molecule has 27 heavy (non-hydrogen) atoms. The van der Waals surface area contributed by atoms with Crippen LogP contribution in [0.25, 0.3) is 0 Å². The normalized spacial score (nSPS) is 15.6. The lowest BCUT2D eigenvalue weighted by atomic mass is 10.2. The largest absolute Gasteiger partial charge is 0.466 e. The summed E-state index contributed by atoms with van der Waals surface area (Å²) in [6.07, 6.45) is -11.9. The quantitative estimate of drug-likeness (QED) is 0.201. The summed E-state index contributed by atoms with van der Waals surface area (Å²) in [6, 6.07) is 0. The molecule has 1 atom stereocenters. The van der Waals surface area contributed by atoms with Crippen molar-refractivity contribution < 1.29 is 67.2 Å². The molecule has 17 heteroatoms. The zero-order valence-electron chi connectivity index (χ0n) is 12.7. The predicted octanol–water partition coefficient (Wildman–Crippen LogP) is 1.15. The molecule has 0 radical (unpaired) electrons. The molecular formula is C10H9F8NO7S. The third-order valence-corrected chi connectivity index (χ3v) is 3.42. The number of likely N-dealkylation sites (N-methyl/N-ethyl adjacent to an activating group) is 1. The van der Waals surface area contributed by atoms with Gasteiger partial charge < -0.3 is 14.8 Å². The Labute approximate surface area is 144 Å². The van der Waals surface area contributed by atoms with E-state index in [1.165, 1.54) is 0 Å². The first-order valence-corrected chi connectivity index (χ1v) is 7.44. The van der Waals surface area contributed by atoms with Gasteiger partial charge in [-0.3, -0.25) is 9.35 Å². The summed E-state index contributed by atoms with van der Waals surface area (Å²) in [4.78, 5) is 22.7. The molecule has 1 unspecified atom stereocenters. The van der Waals surface area contributed by atoms with Crippen LogP contribution in [0.3, 0.4) is 0 Å². The van der Waals surface area contributed by atoms with Crippen molar-refractivity contribution in [1.82, 2.24) is 5.32 Å². The van der Waals surface area contributed by atoms with Gasteiger partial charge in [-0.05, 0) is 0 Å². The molecule has 2 N–H and O–H groups in total. The van der Waals surface area contributed by atoms with E-state index in [4.69, 9.17) is 4.55 Å². The number of rotatable bonds is 7. The van der Waals surface area contributed by atoms with E-state index in [-0.39, 0.29) is 0 Å². The van der Waals surface area contributed by atoms with Crippen molar-refractivity contribution in [3.8, 4) is 0 Å². The van der Waals surface area contributed by atoms with E-state index in [1.54, 1.807) is 0 Å². The minimum Gasteiger partial charge on any atom is -0.412 e. The van der Waals surface area contributed by atoms with E-state index in [0.29, 0.717) is 7.05 Å². The van der Waals surface area contributed by atoms with Gasteiger partial charge in [-0.15, -0.1) is 0 Å². The van der Waals surface area contributed by atoms with Gasteiger partial charge in [0, 0.05) is 7.05 Å². The van der Waals surface area contributed by atoms with Crippen molar-refractivity contribution in [2.24, 2.45) is 0 Å². The monoisotopic (exact) mass is 439 g/mol. The Morgan fingerprint density at radius 3 is 1.81 bits per heavy atom. The highest BCUT2D eigenvalue weighted by Crippen LogP contribution is 2.39. The van der Waals surface area contributed by atoms with E-state index in [2.05, 4.69) is 16.1 Å². The average Bonchev–Trinajstić information content (AvgIpc) is 2.46. The number of esters is 1. The molecule has 0 aromatic rings. The van der Waals surface area contributed by atoms with Crippen molar-refractivity contribution in [1.29, 1.82) is 0 Å². The van der Waals surface area contributed by atoms with Crippen molar-refractivity contribution in [3.05, 3.63) is 12.2 Å². The first kappa shape index (κ1) is 25.0. The summed E-state index contributed by atoms with van der Waals surface area (Å²) in [5.74, 6) is -10.6. The Bertz CT molecular complexity index is 714. The molecule has 8 nitrogen and oxygen atoms in total. The molecule has 0 heterocycles. The third-order valence-electron chi connectivity index (χ3n) is 2.55. The molecule has 0 aromatic carbocycles. The number of amides is 1. The first-order chi connectivity index (χ1) is 11.7. The Balaban J connectivity index is 6.15. The van der Waals surface area contributed by atoms with Crippen LogP contribution in [-0.4, -0.2) is 61.9 Å². The van der Waals surface area contributed by atoms with E-state index >= 15 is 0 Å². The number of ether oxygens (including phenoxy) is 2. The van der Waals surface area contributed by atoms with Crippen LogP contribution >= 0.6 is 0 Å². The maximum absolute atomic E-state index is 13.2. The number of carbonyl (C=O) groups is 2. The molecule has 0 saturated heterocycles. The summed E-state index contributed by atoms with van der Waals surface area (Å²) < 4.78 is 138. The lowest BCUT2D eigenvalue weighted by Gasteiger charge is -2.33. The Morgan fingerprint density at radius 2 is 1.52 bits per heavy atom. The average molecular weight is 439 g/mol. The van der Waals surface area contributed by atoms with Crippen molar-refractivity contribution >= 4 is 22.0 Å². The number of alkyl halides is 8. The fraction of sp³-hybridized carbons (Fsp3) is 0.600. The fourth-order valence-electron chi connectivity index (χ4n) is 1.14. The second-order valence-electron chi connectivity index (χ2n) is 4.46. The number of nitrogens with one attached hydrogen (secondary N) is 1. The van der Waals surface area contributed by atoms with E-state index in [1.807, 2.05) is 0 Å². The minimum atomic E-state index is -6.37. The van der Waals surface area contributed by atoms with Gasteiger partial charge >= 0.3 is 45.4 Å². The summed E-state index contributed by atoms with van der Waals surface area (Å²) in [6.45, 7) is -0.839. The third kappa shape index (κ3) is 5.48. The molecule has 0 bridgehead atoms. The minimum absolute atomic E-state index is 0.430. The Morgan fingerprint density at radius 1 is 1.07 bits per heavy atom. The molecule has 1 amide bonds. The van der Waals surface area contributed by atoms with Crippen LogP contribution in [0.1, 0.15) is 0 Å². The van der Waals surface area contributed by atoms with Gasteiger partial charge in [0.15, 0.2) is 0 Å². The van der Waals surface area contributed by atoms with E-state index in [0.717, 1.165) is 5.32 Å². The molecule has 0 aliphatic carbocycles. The topological polar surface area (TPSA) is 119 Å². The van der Waals surface area contributed by atoms with Gasteiger partial charge in [0.2, 0.25) is 0 Å². The first-order valence-electron chi connectivity index (χ1n) is 6.00. The van der Waals surface area contributed by atoms with Crippen LogP contribution in [0.2, 0.25) is 0 Å². The number of carbonyl (C=O) groups excluding carboxylic acids is 2. The molecular weight excluding hydrogens is 430 g/mol. The highest BCUT2D eigenvalue weighted by atomic mass is 32.2. The maximum atomic E-state index is 13.2. The molecule has 0 aliphatic heterocycles. The Kier molecular flexibility index (Phi) is 6.98. The second kappa shape index (κ2) is 7.55. The molecule has 0 spiro atoms. The lowest BCUT2D eigenvalue weighted by Crippen LogP contribution is -2.62. The smallest absolute Gasteiger partial charge is 0.412 e. The van der Waals surface area contributed by atoms with Crippen LogP contribution < -0.4 is 5.32 Å². The second-order valence-corrected chi connectivity index (χ2v) is 6.01. The van der Waals surface area contributed by atoms with Gasteiger partial charge in [-0.1, -0.05) is 6.58 Å². The number of hydrogen-bond acceptors (Lipinski definition) is 6. The van der Waals surface area contributed by atoms with Crippen LogP contribution in [0.5, 0.6) is 0 Å². The molecule has 158 valence electrons. The Hall–Kier alpha value is -2.01. The molecule has 0 aromatic heterocycles. The highest BCUT2D eigenvalue weighted by Gasteiger charge is 2.68. The highest BCUT2D eigenvalue weighted by molar-refractivity contribution is 7.86. The molecule has 0 fully saturated rings. The summed E-state index contributed by atoms with van der Waals surface area (Å²) in [5, 5.41) is -4.31. The van der Waals surface area contributed by atoms with Crippen LogP contribution in [0.15, 0.2) is 12.2 Å². The SMILES string of the molecule is C=C(C(=O)OC(OCC(F)(F)S(=O)(=O)O)(C(=O)NC)C(F)(F)F)C(F)(F)F. The number of hydrogen-bond donors (Lipinski definition) is 2. The predicted molar refractivity (Wildman–Crippen MR) is 66.6 cm³/mol. The van der Waals surface area contributed by atoms with Crippen LogP contribution in [0, 0.1) is 0 Å². The zero-order chi connectivity index (χ0) is 22.1. The zero-order valence-corrected chi connectivity index (χ0v) is 13.6. The van der Waals surface area contributed by atoms with Gasteiger partial charge in [0.05, 0.1) is 0 Å². The summed E-state index contributed by atoms with van der Waals surface area (Å²) in [7, 11) is -5.94. The van der Waals surface area contributed by atoms with Gasteiger partial charge in [0.1, 0.15) is 12.2 Å². The van der Waals surface area contributed by atoms with Gasteiger partial charge in [-0.2, -0.15) is 43.5 Å². The fourth-order valence-corrected chi connectivity index (χ4v) is 1.35. The van der Waals surface area contributed by atoms with E-state index in [9.17, 15) is 53.1 Å². The lowest BCUT2D eigenvalue weighted by molar-refractivity contribution is -0.353. The molecule has 0 saturated carbocycles. The standard InChI is InChI=1S/C10H9F8NO7S/c1-4(9(13,14)15)5(20)26-8(6(21)19-2,10(16,17)18)25-3-7(11,12)27(22,23)24/h1,3H2,2H3,(H,19,21)(H,22,23,24). The van der Waals surface area contributed by atoms with Gasteiger partial charge in [-0.25, -0.2) is 4.79 Å². The van der Waals surface area contributed by atoms with Crippen LogP contribution in [0.4, 0.5) is 35.1 Å². The molecule has 0 rings (SSSR count). The summed E-state index contributed by atoms with van der Waals surface area (Å²) >= 11 is 0.